The summed E-state index contributed by atoms with van der Waals surface area (Å²) in [6.07, 6.45) is 6.63. The van der Waals surface area contributed by atoms with Crippen molar-refractivity contribution in [2.75, 3.05) is 38.6 Å². The van der Waals surface area contributed by atoms with Crippen LogP contribution < -0.4 is 15.4 Å². The summed E-state index contributed by atoms with van der Waals surface area (Å²) in [5, 5.41) is 15.5. The first-order chi connectivity index (χ1) is 17.2. The van der Waals surface area contributed by atoms with Crippen LogP contribution in [0.5, 0.6) is 5.75 Å². The number of amides is 3. The lowest BCUT2D eigenvalue weighted by molar-refractivity contribution is -0.134. The zero-order valence-corrected chi connectivity index (χ0v) is 22.8. The van der Waals surface area contributed by atoms with Gasteiger partial charge in [0.2, 0.25) is 5.91 Å². The number of hydrogen-bond acceptors (Lipinski definition) is 5. The molecule has 0 radical (unpaired) electrons. The van der Waals surface area contributed by atoms with E-state index in [4.69, 9.17) is 4.74 Å². The van der Waals surface area contributed by atoms with Crippen LogP contribution in [0.4, 0.5) is 10.5 Å². The van der Waals surface area contributed by atoms with Gasteiger partial charge in [-0.2, -0.15) is 0 Å². The van der Waals surface area contributed by atoms with Gasteiger partial charge in [-0.15, -0.1) is 0 Å². The van der Waals surface area contributed by atoms with E-state index in [0.717, 1.165) is 24.6 Å². The zero-order chi connectivity index (χ0) is 26.2. The van der Waals surface area contributed by atoms with Gasteiger partial charge in [0.05, 0.1) is 19.1 Å². The van der Waals surface area contributed by atoms with E-state index in [1.165, 1.54) is 32.1 Å². The van der Waals surface area contributed by atoms with Gasteiger partial charge in [0, 0.05) is 42.8 Å². The van der Waals surface area contributed by atoms with Crippen LogP contribution in [0.15, 0.2) is 18.2 Å². The van der Waals surface area contributed by atoms with Crippen LogP contribution in [0.3, 0.4) is 0 Å². The standard InChI is InChI=1S/C28H46N4O4/c1-19(2)29-28(35)30-24-11-12-25-23(13-24)14-27(34)32(21(4)18-33)15-20(3)26(36-25)17-31(5)16-22-9-7-6-8-10-22/h11-13,19-22,26,33H,6-10,14-18H2,1-5H3,(H2,29,30,35)/t20-,21-,26+/m1/s1. The number of aliphatic hydroxyl groups is 1. The SMILES string of the molecule is CC(C)NC(=O)Nc1ccc2c(c1)CC(=O)N([C@H](C)CO)C[C@@H](C)[C@H](CN(C)CC1CCCCC1)O2. The molecule has 3 rings (SSSR count). The number of likely N-dealkylation sites (N-methyl/N-ethyl adjacent to an activating group) is 1. The van der Waals surface area contributed by atoms with E-state index >= 15 is 0 Å². The molecule has 1 aliphatic carbocycles. The highest BCUT2D eigenvalue weighted by Crippen LogP contribution is 2.30. The molecule has 1 aromatic rings. The van der Waals surface area contributed by atoms with Crippen molar-refractivity contribution in [2.24, 2.45) is 11.8 Å². The predicted octanol–water partition coefficient (Wildman–Crippen LogP) is 3.88. The molecule has 0 saturated heterocycles. The minimum atomic E-state index is -0.286. The molecule has 1 heterocycles. The van der Waals surface area contributed by atoms with Gasteiger partial charge < -0.3 is 30.3 Å². The molecule has 0 bridgehead atoms. The number of nitrogens with one attached hydrogen (secondary N) is 2. The molecule has 3 amide bonds. The van der Waals surface area contributed by atoms with E-state index in [1.807, 2.05) is 39.0 Å². The van der Waals surface area contributed by atoms with Crippen molar-refractivity contribution in [3.63, 3.8) is 0 Å². The molecule has 1 aromatic carbocycles. The molecule has 1 saturated carbocycles. The Labute approximate surface area is 216 Å². The van der Waals surface area contributed by atoms with Crippen molar-refractivity contribution in [3.05, 3.63) is 23.8 Å². The van der Waals surface area contributed by atoms with Gasteiger partial charge in [0.15, 0.2) is 0 Å². The number of aliphatic hydroxyl groups excluding tert-OH is 1. The Bertz CT molecular complexity index is 871. The molecule has 0 unspecified atom stereocenters. The molecule has 8 heteroatoms. The Morgan fingerprint density at radius 3 is 2.58 bits per heavy atom. The molecular formula is C28H46N4O4. The van der Waals surface area contributed by atoms with Gasteiger partial charge in [0.25, 0.3) is 0 Å². The van der Waals surface area contributed by atoms with Crippen LogP contribution in [-0.2, 0) is 11.2 Å². The van der Waals surface area contributed by atoms with Crippen LogP contribution in [0.1, 0.15) is 65.4 Å². The average molecular weight is 503 g/mol. The largest absolute Gasteiger partial charge is 0.488 e. The molecule has 3 atom stereocenters. The van der Waals surface area contributed by atoms with Gasteiger partial charge >= 0.3 is 6.03 Å². The maximum absolute atomic E-state index is 13.3. The number of anilines is 1. The number of nitrogens with zero attached hydrogens (tertiary/aromatic N) is 2. The summed E-state index contributed by atoms with van der Waals surface area (Å²) in [5.74, 6) is 1.45. The Morgan fingerprint density at radius 1 is 1.19 bits per heavy atom. The van der Waals surface area contributed by atoms with Gasteiger partial charge in [0.1, 0.15) is 11.9 Å². The van der Waals surface area contributed by atoms with Crippen molar-refractivity contribution < 1.29 is 19.4 Å². The fourth-order valence-corrected chi connectivity index (χ4v) is 5.35. The highest BCUT2D eigenvalue weighted by atomic mass is 16.5. The first-order valence-electron chi connectivity index (χ1n) is 13.6. The number of carbonyl (C=O) groups excluding carboxylic acids is 2. The molecule has 0 aromatic heterocycles. The summed E-state index contributed by atoms with van der Waals surface area (Å²) in [4.78, 5) is 29.7. The number of urea groups is 1. The van der Waals surface area contributed by atoms with Crippen molar-refractivity contribution >= 4 is 17.6 Å². The predicted molar refractivity (Wildman–Crippen MR) is 143 cm³/mol. The Morgan fingerprint density at radius 2 is 1.92 bits per heavy atom. The van der Waals surface area contributed by atoms with Crippen molar-refractivity contribution in [1.29, 1.82) is 0 Å². The van der Waals surface area contributed by atoms with Gasteiger partial charge in [-0.05, 0) is 64.8 Å². The number of fused-ring (bicyclic) bond motifs is 1. The summed E-state index contributed by atoms with van der Waals surface area (Å²) < 4.78 is 6.61. The van der Waals surface area contributed by atoms with E-state index in [-0.39, 0.29) is 49.1 Å². The quantitative estimate of drug-likeness (QED) is 0.502. The van der Waals surface area contributed by atoms with Crippen LogP contribution in [0.2, 0.25) is 0 Å². The van der Waals surface area contributed by atoms with E-state index in [2.05, 4.69) is 29.5 Å². The lowest BCUT2D eigenvalue weighted by Crippen LogP contribution is -2.48. The molecule has 2 aliphatic rings. The molecule has 8 nitrogen and oxygen atoms in total. The summed E-state index contributed by atoms with van der Waals surface area (Å²) in [7, 11) is 2.16. The van der Waals surface area contributed by atoms with Crippen molar-refractivity contribution in [3.8, 4) is 5.75 Å². The maximum Gasteiger partial charge on any atom is 0.319 e. The van der Waals surface area contributed by atoms with E-state index in [1.54, 1.807) is 4.90 Å². The third-order valence-corrected chi connectivity index (χ3v) is 7.38. The summed E-state index contributed by atoms with van der Waals surface area (Å²) in [6.45, 7) is 10.1. The number of hydrogen-bond donors (Lipinski definition) is 3. The highest BCUT2D eigenvalue weighted by Gasteiger charge is 2.31. The Kier molecular flexibility index (Phi) is 10.4. The lowest BCUT2D eigenvalue weighted by atomic mass is 9.89. The normalized spacial score (nSPS) is 22.3. The number of rotatable bonds is 8. The smallest absolute Gasteiger partial charge is 0.319 e. The first-order valence-corrected chi connectivity index (χ1v) is 13.6. The van der Waals surface area contributed by atoms with Crippen LogP contribution in [0.25, 0.3) is 0 Å². The Balaban J connectivity index is 1.83. The van der Waals surface area contributed by atoms with Crippen molar-refractivity contribution in [2.45, 2.75) is 84.4 Å². The van der Waals surface area contributed by atoms with E-state index in [0.29, 0.717) is 18.0 Å². The minimum absolute atomic E-state index is 0.0177. The van der Waals surface area contributed by atoms with Crippen LogP contribution >= 0.6 is 0 Å². The molecule has 202 valence electrons. The number of benzene rings is 1. The molecule has 1 aliphatic heterocycles. The fourth-order valence-electron chi connectivity index (χ4n) is 5.35. The van der Waals surface area contributed by atoms with E-state index < -0.39 is 0 Å². The molecule has 36 heavy (non-hydrogen) atoms. The fraction of sp³-hybridized carbons (Fsp3) is 0.714. The minimum Gasteiger partial charge on any atom is -0.488 e. The first kappa shape index (κ1) is 28.3. The third kappa shape index (κ3) is 8.10. The zero-order valence-electron chi connectivity index (χ0n) is 22.8. The topological polar surface area (TPSA) is 94.1 Å². The molecule has 1 fully saturated rings. The highest BCUT2D eigenvalue weighted by molar-refractivity contribution is 5.90. The van der Waals surface area contributed by atoms with Gasteiger partial charge in [-0.3, -0.25) is 4.79 Å². The number of ether oxygens (including phenoxy) is 1. The summed E-state index contributed by atoms with van der Waals surface area (Å²) in [6, 6.07) is 4.96. The van der Waals surface area contributed by atoms with Gasteiger partial charge in [-0.1, -0.05) is 26.2 Å². The van der Waals surface area contributed by atoms with Gasteiger partial charge in [-0.25, -0.2) is 4.79 Å². The average Bonchev–Trinajstić information content (AvgIpc) is 2.86. The second-order valence-electron chi connectivity index (χ2n) is 11.2. The summed E-state index contributed by atoms with van der Waals surface area (Å²) >= 11 is 0. The van der Waals surface area contributed by atoms with Crippen LogP contribution in [-0.4, -0.2) is 78.3 Å². The Hall–Kier alpha value is -2.32. The van der Waals surface area contributed by atoms with Crippen molar-refractivity contribution in [1.82, 2.24) is 15.1 Å². The monoisotopic (exact) mass is 502 g/mol. The lowest BCUT2D eigenvalue weighted by Gasteiger charge is -2.35. The van der Waals surface area contributed by atoms with E-state index in [9.17, 15) is 14.7 Å². The van der Waals surface area contributed by atoms with Crippen LogP contribution in [0, 0.1) is 11.8 Å². The second kappa shape index (κ2) is 13.3. The molecule has 0 spiro atoms. The number of carbonyl (C=O) groups is 2. The summed E-state index contributed by atoms with van der Waals surface area (Å²) in [5.41, 5.74) is 1.36. The second-order valence-corrected chi connectivity index (χ2v) is 11.2. The molecular weight excluding hydrogens is 456 g/mol. The molecule has 3 N–H and O–H groups in total. The maximum atomic E-state index is 13.3. The third-order valence-electron chi connectivity index (χ3n) is 7.38.